The first-order valence-electron chi connectivity index (χ1n) is 8.62. The number of carbonyl (C=O) groups is 2. The van der Waals surface area contributed by atoms with Gasteiger partial charge in [-0.3, -0.25) is 4.79 Å². The molecule has 0 spiro atoms. The lowest BCUT2D eigenvalue weighted by Gasteiger charge is -2.21. The summed E-state index contributed by atoms with van der Waals surface area (Å²) < 4.78 is 10.1. The summed E-state index contributed by atoms with van der Waals surface area (Å²) in [5.41, 5.74) is 4.59. The highest BCUT2D eigenvalue weighted by molar-refractivity contribution is 6.15. The van der Waals surface area contributed by atoms with Crippen LogP contribution in [0.25, 0.3) is 11.1 Å². The number of halogens is 1. The summed E-state index contributed by atoms with van der Waals surface area (Å²) in [6, 6.07) is 14.7. The molecule has 0 bridgehead atoms. The van der Waals surface area contributed by atoms with Gasteiger partial charge in [-0.2, -0.15) is 0 Å². The molecule has 0 saturated heterocycles. The van der Waals surface area contributed by atoms with E-state index < -0.39 is 24.1 Å². The van der Waals surface area contributed by atoms with Crippen LogP contribution in [0.3, 0.4) is 0 Å². The van der Waals surface area contributed by atoms with Crippen molar-refractivity contribution in [1.82, 2.24) is 10.2 Å². The highest BCUT2D eigenvalue weighted by atomic mass is 35.5. The summed E-state index contributed by atoms with van der Waals surface area (Å²) in [4.78, 5) is 26.2. The topological polar surface area (TPSA) is 76.7 Å². The van der Waals surface area contributed by atoms with Crippen molar-refractivity contribution in [2.75, 3.05) is 13.7 Å². The van der Waals surface area contributed by atoms with Gasteiger partial charge in [0.1, 0.15) is 12.6 Å². The molecule has 7 heteroatoms. The van der Waals surface area contributed by atoms with E-state index in [1.54, 1.807) is 6.92 Å². The number of carbonyl (C=O) groups excluding carboxylic acids is 2. The third kappa shape index (κ3) is 3.91. The van der Waals surface area contributed by atoms with Crippen molar-refractivity contribution >= 4 is 23.8 Å². The van der Waals surface area contributed by atoms with E-state index in [4.69, 9.17) is 16.5 Å². The molecular formula is C20H21ClN2O4. The second-order valence-corrected chi connectivity index (χ2v) is 6.59. The van der Waals surface area contributed by atoms with Crippen LogP contribution in [-0.2, 0) is 14.3 Å². The molecule has 1 aliphatic rings. The summed E-state index contributed by atoms with van der Waals surface area (Å²) in [6.07, 6.45) is -0.620. The third-order valence-electron chi connectivity index (χ3n) is 4.76. The van der Waals surface area contributed by atoms with E-state index in [0.717, 1.165) is 22.3 Å². The number of ether oxygens (including phenoxy) is 2. The molecular weight excluding hydrogens is 368 g/mol. The molecule has 2 atom stereocenters. The van der Waals surface area contributed by atoms with E-state index in [1.807, 2.05) is 24.3 Å². The first kappa shape index (κ1) is 19.2. The molecule has 0 aliphatic heterocycles. The molecule has 0 radical (unpaired) electrons. The standard InChI is InChI=1S/C20H21ClN2O4/c1-12(18(23-21)19(24)26-2)22-20(25)27-11-17-15-9-5-3-7-13(15)14-8-4-6-10-16(14)17/h3-10,12,17-18,23H,11H2,1-2H3,(H,22,25). The number of alkyl carbamates (subject to hydrolysis) is 1. The van der Waals surface area contributed by atoms with Gasteiger partial charge in [-0.05, 0) is 41.0 Å². The Balaban J connectivity index is 1.66. The average molecular weight is 389 g/mol. The number of nitrogens with one attached hydrogen (secondary N) is 2. The second-order valence-electron chi connectivity index (χ2n) is 6.37. The normalized spacial score (nSPS) is 14.6. The lowest BCUT2D eigenvalue weighted by atomic mass is 9.98. The molecule has 6 nitrogen and oxygen atoms in total. The van der Waals surface area contributed by atoms with Gasteiger partial charge >= 0.3 is 12.1 Å². The minimum absolute atomic E-state index is 0.0268. The van der Waals surface area contributed by atoms with E-state index in [-0.39, 0.29) is 12.5 Å². The van der Waals surface area contributed by atoms with E-state index in [9.17, 15) is 9.59 Å². The Morgan fingerprint density at radius 1 is 1.07 bits per heavy atom. The van der Waals surface area contributed by atoms with E-state index in [2.05, 4.69) is 39.2 Å². The molecule has 0 saturated carbocycles. The Labute approximate surface area is 162 Å². The number of esters is 1. The molecule has 1 amide bonds. The zero-order valence-electron chi connectivity index (χ0n) is 15.1. The summed E-state index contributed by atoms with van der Waals surface area (Å²) in [6.45, 7) is 1.84. The van der Waals surface area contributed by atoms with Gasteiger partial charge in [-0.15, -0.1) is 0 Å². The zero-order valence-corrected chi connectivity index (χ0v) is 15.8. The Kier molecular flexibility index (Phi) is 5.98. The van der Waals surface area contributed by atoms with Crippen molar-refractivity contribution in [3.63, 3.8) is 0 Å². The first-order chi connectivity index (χ1) is 13.1. The van der Waals surface area contributed by atoms with Crippen molar-refractivity contribution < 1.29 is 19.1 Å². The van der Waals surface area contributed by atoms with Crippen molar-refractivity contribution in [3.8, 4) is 11.1 Å². The van der Waals surface area contributed by atoms with Crippen molar-refractivity contribution in [1.29, 1.82) is 0 Å². The number of amides is 1. The largest absolute Gasteiger partial charge is 0.468 e. The van der Waals surface area contributed by atoms with Gasteiger partial charge in [0.25, 0.3) is 0 Å². The first-order valence-corrected chi connectivity index (χ1v) is 9.00. The van der Waals surface area contributed by atoms with E-state index in [1.165, 1.54) is 7.11 Å². The summed E-state index contributed by atoms with van der Waals surface area (Å²) >= 11 is 5.57. The molecule has 0 fully saturated rings. The maximum Gasteiger partial charge on any atom is 0.407 e. The number of methoxy groups -OCH3 is 1. The molecule has 0 heterocycles. The lowest BCUT2D eigenvalue weighted by Crippen LogP contribution is -2.50. The van der Waals surface area contributed by atoms with Gasteiger partial charge in [-0.25, -0.2) is 9.63 Å². The molecule has 2 unspecified atom stereocenters. The third-order valence-corrected chi connectivity index (χ3v) is 5.00. The number of benzene rings is 2. The SMILES string of the molecule is COC(=O)C(NCl)C(C)NC(=O)OCC1c2ccccc2-c2ccccc21. The maximum atomic E-state index is 12.2. The monoisotopic (exact) mass is 388 g/mol. The minimum Gasteiger partial charge on any atom is -0.468 e. The van der Waals surface area contributed by atoms with Gasteiger partial charge in [-0.1, -0.05) is 48.5 Å². The van der Waals surface area contributed by atoms with Gasteiger partial charge in [0.2, 0.25) is 0 Å². The van der Waals surface area contributed by atoms with E-state index >= 15 is 0 Å². The Bertz CT molecular complexity index is 797. The fraction of sp³-hybridized carbons (Fsp3) is 0.300. The molecule has 142 valence electrons. The van der Waals surface area contributed by atoms with Crippen molar-refractivity contribution in [2.24, 2.45) is 0 Å². The van der Waals surface area contributed by atoms with Crippen molar-refractivity contribution in [3.05, 3.63) is 59.7 Å². The van der Waals surface area contributed by atoms with Gasteiger partial charge < -0.3 is 14.8 Å². The summed E-state index contributed by atoms with van der Waals surface area (Å²) in [7, 11) is 1.25. The predicted molar refractivity (Wildman–Crippen MR) is 102 cm³/mol. The second kappa shape index (κ2) is 8.41. The van der Waals surface area contributed by atoms with Gasteiger partial charge in [0, 0.05) is 5.92 Å². The summed E-state index contributed by atoms with van der Waals surface area (Å²) in [5.74, 6) is -0.600. The quantitative estimate of drug-likeness (QED) is 0.587. The van der Waals surface area contributed by atoms with E-state index in [0.29, 0.717) is 0 Å². The number of hydrogen-bond donors (Lipinski definition) is 2. The maximum absolute atomic E-state index is 12.2. The minimum atomic E-state index is -0.878. The van der Waals surface area contributed by atoms with Crippen LogP contribution in [0.1, 0.15) is 24.0 Å². The molecule has 27 heavy (non-hydrogen) atoms. The Morgan fingerprint density at radius 2 is 1.63 bits per heavy atom. The predicted octanol–water partition coefficient (Wildman–Crippen LogP) is 3.20. The van der Waals surface area contributed by atoms with Crippen LogP contribution in [0.4, 0.5) is 4.79 Å². The number of fused-ring (bicyclic) bond motifs is 3. The van der Waals surface area contributed by atoms with Gasteiger partial charge in [0.15, 0.2) is 0 Å². The van der Waals surface area contributed by atoms with Crippen LogP contribution in [0.15, 0.2) is 48.5 Å². The number of rotatable bonds is 6. The lowest BCUT2D eigenvalue weighted by molar-refractivity contribution is -0.143. The molecule has 2 aromatic carbocycles. The van der Waals surface area contributed by atoms with Crippen LogP contribution in [0, 0.1) is 0 Å². The van der Waals surface area contributed by atoms with Crippen LogP contribution >= 0.6 is 11.8 Å². The zero-order chi connectivity index (χ0) is 19.4. The van der Waals surface area contributed by atoms with Crippen LogP contribution < -0.4 is 10.2 Å². The van der Waals surface area contributed by atoms with Gasteiger partial charge in [0.05, 0.1) is 13.2 Å². The van der Waals surface area contributed by atoms with Crippen molar-refractivity contribution in [2.45, 2.75) is 24.9 Å². The van der Waals surface area contributed by atoms with Crippen LogP contribution in [0.2, 0.25) is 0 Å². The molecule has 2 N–H and O–H groups in total. The molecule has 0 aromatic heterocycles. The average Bonchev–Trinajstić information content (AvgIpc) is 3.00. The summed E-state index contributed by atoms with van der Waals surface area (Å²) in [5, 5.41) is 2.61. The fourth-order valence-electron chi connectivity index (χ4n) is 3.38. The smallest absolute Gasteiger partial charge is 0.407 e. The molecule has 3 rings (SSSR count). The molecule has 1 aliphatic carbocycles. The highest BCUT2D eigenvalue weighted by Crippen LogP contribution is 2.44. The van der Waals surface area contributed by atoms with Crippen LogP contribution in [0.5, 0.6) is 0 Å². The number of hydrogen-bond acceptors (Lipinski definition) is 5. The Hall–Kier alpha value is -2.57. The fourth-order valence-corrected chi connectivity index (χ4v) is 3.66. The van der Waals surface area contributed by atoms with Crippen LogP contribution in [-0.4, -0.2) is 37.9 Å². The Morgan fingerprint density at radius 3 is 2.15 bits per heavy atom. The highest BCUT2D eigenvalue weighted by Gasteiger charge is 2.30. The molecule has 2 aromatic rings.